The molecule has 3 atom stereocenters. The average Bonchev–Trinajstić information content (AvgIpc) is 2.90. The Bertz CT molecular complexity index is 342. The Balaban J connectivity index is 0.000000490. The van der Waals surface area contributed by atoms with Crippen LogP contribution in [0.3, 0.4) is 0 Å². The second-order valence-corrected chi connectivity index (χ2v) is 4.31. The van der Waals surface area contributed by atoms with Gasteiger partial charge in [0.05, 0.1) is 0 Å². The Hall–Kier alpha value is 0.236. The standard InChI is InChI=1S/C11H11O.ClH.Mg/c1-10-7-11(10,9(10)12)8-5-3-2-4-6-8;;/h2-6,9H,7H2,1H3;1H;/q-1;;+2/p-1. The van der Waals surface area contributed by atoms with E-state index in [1.54, 1.807) is 0 Å². The Kier molecular flexibility index (Phi) is 2.97. The van der Waals surface area contributed by atoms with Crippen molar-refractivity contribution >= 4 is 23.1 Å². The fourth-order valence-corrected chi connectivity index (χ4v) is 2.62. The molecule has 3 rings (SSSR count). The minimum Gasteiger partial charge on any atom is -1.00 e. The Labute approximate surface area is 106 Å². The van der Waals surface area contributed by atoms with Gasteiger partial charge in [0.15, 0.2) is 0 Å². The summed E-state index contributed by atoms with van der Waals surface area (Å²) in [5, 5.41) is 11.5. The van der Waals surface area contributed by atoms with Crippen LogP contribution in [0, 0.1) is 5.41 Å². The van der Waals surface area contributed by atoms with Crippen molar-refractivity contribution in [2.45, 2.75) is 24.9 Å². The van der Waals surface area contributed by atoms with Gasteiger partial charge in [0.25, 0.3) is 0 Å². The van der Waals surface area contributed by atoms with Crippen LogP contribution >= 0.6 is 0 Å². The van der Waals surface area contributed by atoms with Crippen LogP contribution < -0.4 is 17.5 Å². The molecule has 2 aliphatic rings. The summed E-state index contributed by atoms with van der Waals surface area (Å²) in [6.45, 7) is 2.11. The van der Waals surface area contributed by atoms with Crippen molar-refractivity contribution in [3.8, 4) is 0 Å². The molecule has 0 N–H and O–H groups in total. The first kappa shape index (κ1) is 12.3. The molecular formula is C11H11ClMgO. The van der Waals surface area contributed by atoms with Crippen LogP contribution in [0.25, 0.3) is 0 Å². The third-order valence-corrected chi connectivity index (χ3v) is 3.77. The van der Waals surface area contributed by atoms with E-state index in [-0.39, 0.29) is 52.4 Å². The maximum atomic E-state index is 11.5. The van der Waals surface area contributed by atoms with Crippen molar-refractivity contribution < 1.29 is 17.5 Å². The van der Waals surface area contributed by atoms with E-state index in [4.69, 9.17) is 0 Å². The first-order valence-electron chi connectivity index (χ1n) is 4.43. The molecular weight excluding hydrogens is 208 g/mol. The third kappa shape index (κ3) is 1.11. The molecule has 0 bridgehead atoms. The van der Waals surface area contributed by atoms with E-state index in [9.17, 15) is 5.11 Å². The molecule has 3 unspecified atom stereocenters. The number of rotatable bonds is 1. The molecule has 0 heterocycles. The molecule has 0 aliphatic heterocycles. The zero-order valence-electron chi connectivity index (χ0n) is 8.16. The van der Waals surface area contributed by atoms with Gasteiger partial charge < -0.3 is 17.5 Å². The van der Waals surface area contributed by atoms with E-state index < -0.39 is 0 Å². The van der Waals surface area contributed by atoms with Gasteiger partial charge >= 0.3 is 23.1 Å². The third-order valence-electron chi connectivity index (χ3n) is 3.77. The molecule has 2 aliphatic carbocycles. The van der Waals surface area contributed by atoms with Crippen LogP contribution in [0.5, 0.6) is 0 Å². The largest absolute Gasteiger partial charge is 2.00 e. The maximum absolute atomic E-state index is 11.5. The number of hydrogen-bond donors (Lipinski definition) is 0. The van der Waals surface area contributed by atoms with Crippen molar-refractivity contribution in [3.05, 3.63) is 35.9 Å². The minimum atomic E-state index is -0.326. The molecule has 1 aromatic carbocycles. The van der Waals surface area contributed by atoms with Crippen molar-refractivity contribution in [2.24, 2.45) is 5.41 Å². The fraction of sp³-hybridized carbons (Fsp3) is 0.455. The molecule has 0 radical (unpaired) electrons. The van der Waals surface area contributed by atoms with E-state index in [2.05, 4.69) is 19.1 Å². The molecule has 1 nitrogen and oxygen atoms in total. The predicted molar refractivity (Wildman–Crippen MR) is 50.4 cm³/mol. The van der Waals surface area contributed by atoms with Gasteiger partial charge in [0.1, 0.15) is 0 Å². The van der Waals surface area contributed by atoms with E-state index in [0.29, 0.717) is 0 Å². The average molecular weight is 219 g/mol. The summed E-state index contributed by atoms with van der Waals surface area (Å²) < 4.78 is 0. The fourth-order valence-electron chi connectivity index (χ4n) is 2.62. The van der Waals surface area contributed by atoms with E-state index >= 15 is 0 Å². The van der Waals surface area contributed by atoms with E-state index in [0.717, 1.165) is 6.42 Å². The van der Waals surface area contributed by atoms with Gasteiger partial charge in [0, 0.05) is 0 Å². The van der Waals surface area contributed by atoms with Gasteiger partial charge in [-0.3, -0.25) is 0 Å². The molecule has 0 aromatic heterocycles. The van der Waals surface area contributed by atoms with Crippen LogP contribution in [0.4, 0.5) is 0 Å². The summed E-state index contributed by atoms with van der Waals surface area (Å²) in [5.41, 5.74) is 1.43. The minimum absolute atomic E-state index is 0. The Morgan fingerprint density at radius 3 is 2.14 bits per heavy atom. The first-order valence-corrected chi connectivity index (χ1v) is 4.43. The van der Waals surface area contributed by atoms with Gasteiger partial charge in [-0.15, -0.1) is 6.10 Å². The summed E-state index contributed by atoms with van der Waals surface area (Å²) in [6, 6.07) is 10.2. The zero-order valence-corrected chi connectivity index (χ0v) is 10.3. The number of benzene rings is 1. The summed E-state index contributed by atoms with van der Waals surface area (Å²) in [5.74, 6) is 0. The second kappa shape index (κ2) is 3.37. The topological polar surface area (TPSA) is 23.1 Å². The van der Waals surface area contributed by atoms with Gasteiger partial charge in [-0.2, -0.15) is 0 Å². The molecule has 2 saturated carbocycles. The van der Waals surface area contributed by atoms with Crippen LogP contribution in [0.15, 0.2) is 30.3 Å². The monoisotopic (exact) mass is 218 g/mol. The quantitative estimate of drug-likeness (QED) is 0.487. The molecule has 0 spiro atoms. The summed E-state index contributed by atoms with van der Waals surface area (Å²) in [4.78, 5) is 0. The zero-order chi connectivity index (χ0) is 8.40. The predicted octanol–water partition coefficient (Wildman–Crippen LogP) is -2.30. The van der Waals surface area contributed by atoms with E-state index in [1.807, 2.05) is 18.2 Å². The maximum Gasteiger partial charge on any atom is 2.00 e. The van der Waals surface area contributed by atoms with Crippen LogP contribution in [0.1, 0.15) is 18.9 Å². The van der Waals surface area contributed by atoms with Crippen molar-refractivity contribution in [2.75, 3.05) is 0 Å². The molecule has 0 amide bonds. The summed E-state index contributed by atoms with van der Waals surface area (Å²) >= 11 is 0. The van der Waals surface area contributed by atoms with Crippen LogP contribution in [0.2, 0.25) is 0 Å². The SMILES string of the molecule is CC12CC1(c1ccccc1)C2[O-].[Cl-].[Mg+2]. The Morgan fingerprint density at radius 2 is 1.79 bits per heavy atom. The second-order valence-electron chi connectivity index (χ2n) is 4.31. The molecule has 2 fully saturated rings. The summed E-state index contributed by atoms with van der Waals surface area (Å²) in [7, 11) is 0. The van der Waals surface area contributed by atoms with Crippen LogP contribution in [-0.2, 0) is 5.41 Å². The van der Waals surface area contributed by atoms with Gasteiger partial charge in [-0.1, -0.05) is 37.3 Å². The summed E-state index contributed by atoms with van der Waals surface area (Å²) in [6.07, 6.45) is 0.783. The number of hydrogen-bond acceptors (Lipinski definition) is 1. The van der Waals surface area contributed by atoms with Crippen molar-refractivity contribution in [3.63, 3.8) is 0 Å². The van der Waals surface area contributed by atoms with Gasteiger partial charge in [-0.05, 0) is 22.8 Å². The van der Waals surface area contributed by atoms with Crippen LogP contribution in [-0.4, -0.2) is 29.2 Å². The smallest absolute Gasteiger partial charge is 1.00 e. The number of fused-ring (bicyclic) bond motifs is 1. The first-order chi connectivity index (χ1) is 5.72. The van der Waals surface area contributed by atoms with Crippen molar-refractivity contribution in [1.82, 2.24) is 0 Å². The molecule has 70 valence electrons. The van der Waals surface area contributed by atoms with E-state index in [1.165, 1.54) is 5.56 Å². The molecule has 14 heavy (non-hydrogen) atoms. The normalized spacial score (nSPS) is 41.4. The number of halogens is 1. The molecule has 0 saturated heterocycles. The van der Waals surface area contributed by atoms with Crippen molar-refractivity contribution in [1.29, 1.82) is 0 Å². The molecule has 1 aromatic rings. The van der Waals surface area contributed by atoms with Gasteiger partial charge in [0.2, 0.25) is 0 Å². The Morgan fingerprint density at radius 1 is 1.29 bits per heavy atom. The molecule has 3 heteroatoms. The van der Waals surface area contributed by atoms with Gasteiger partial charge in [-0.25, -0.2) is 0 Å².